The molecule has 36 heavy (non-hydrogen) atoms. The zero-order valence-electron chi connectivity index (χ0n) is 20.3. The van der Waals surface area contributed by atoms with E-state index in [1.54, 1.807) is 18.3 Å². The van der Waals surface area contributed by atoms with Crippen LogP contribution in [-0.2, 0) is 0 Å². The predicted octanol–water partition coefficient (Wildman–Crippen LogP) is 7.95. The molecule has 2 N–H and O–H groups in total. The van der Waals surface area contributed by atoms with Gasteiger partial charge < -0.3 is 15.3 Å². The number of phenolic OH excluding ortho intramolecular Hbond substituents is 1. The molecule has 9 heteroatoms. The maximum absolute atomic E-state index is 13.2. The molecule has 1 heterocycles. The number of halogens is 4. The summed E-state index contributed by atoms with van der Waals surface area (Å²) >= 11 is 12.4. The van der Waals surface area contributed by atoms with Crippen LogP contribution in [0.4, 0.5) is 5.69 Å². The van der Waals surface area contributed by atoms with Crippen LogP contribution >= 0.6 is 57.2 Å². The summed E-state index contributed by atoms with van der Waals surface area (Å²) in [6.07, 6.45) is 8.04. The predicted molar refractivity (Wildman–Crippen MR) is 160 cm³/mol. The average molecular weight is 660 g/mol. The van der Waals surface area contributed by atoms with Crippen LogP contribution in [0.25, 0.3) is 22.0 Å². The molecule has 1 aromatic heterocycles. The zero-order chi connectivity index (χ0) is 24.0. The molecule has 0 spiro atoms. The molecule has 2 saturated carbocycles. The van der Waals surface area contributed by atoms with Gasteiger partial charge in [0, 0.05) is 29.6 Å². The number of nitrogens with one attached hydrogen (secondary N) is 1. The Morgan fingerprint density at radius 3 is 2.19 bits per heavy atom. The monoisotopic (exact) mass is 657 g/mol. The first kappa shape index (κ1) is 29.2. The first-order valence-electron chi connectivity index (χ1n) is 11.9. The third-order valence-electron chi connectivity index (χ3n) is 7.21. The van der Waals surface area contributed by atoms with Gasteiger partial charge in [0.15, 0.2) is 11.5 Å². The molecule has 0 unspecified atom stereocenters. The summed E-state index contributed by atoms with van der Waals surface area (Å²) in [5.74, 6) is 0.171. The minimum atomic E-state index is -0.123. The van der Waals surface area contributed by atoms with Crippen molar-refractivity contribution in [2.75, 3.05) is 19.4 Å². The van der Waals surface area contributed by atoms with Crippen molar-refractivity contribution in [2.45, 2.75) is 50.6 Å². The van der Waals surface area contributed by atoms with Crippen molar-refractivity contribution in [1.29, 1.82) is 0 Å². The minimum Gasteiger partial charge on any atom is -0.505 e. The van der Waals surface area contributed by atoms with Crippen LogP contribution < -0.4 is 5.32 Å². The van der Waals surface area contributed by atoms with Gasteiger partial charge in [-0.25, -0.2) is 0 Å². The van der Waals surface area contributed by atoms with Crippen molar-refractivity contribution in [2.24, 2.45) is 5.92 Å². The van der Waals surface area contributed by atoms with Gasteiger partial charge >= 0.3 is 0 Å². The summed E-state index contributed by atoms with van der Waals surface area (Å²) in [5.41, 5.74) is 4.09. The third-order valence-corrected chi connectivity index (χ3v) is 7.78. The Hall–Kier alpha value is -1.38. The Morgan fingerprint density at radius 2 is 1.61 bits per heavy atom. The Bertz CT molecular complexity index is 1240. The Kier molecular flexibility index (Phi) is 9.72. The van der Waals surface area contributed by atoms with Gasteiger partial charge in [-0.1, -0.05) is 29.3 Å². The number of benzene rings is 2. The molecule has 0 amide bonds. The average Bonchev–Trinajstić information content (AvgIpc) is 3.67. The number of hydrogen-bond acceptors (Lipinski definition) is 5. The van der Waals surface area contributed by atoms with Crippen LogP contribution in [0.15, 0.2) is 36.5 Å². The number of carbonyl (C=O) groups is 1. The Labute approximate surface area is 243 Å². The van der Waals surface area contributed by atoms with E-state index >= 15 is 0 Å². The van der Waals surface area contributed by atoms with E-state index in [1.807, 2.05) is 18.2 Å². The van der Waals surface area contributed by atoms with Crippen molar-refractivity contribution in [3.05, 3.63) is 52.1 Å². The van der Waals surface area contributed by atoms with Gasteiger partial charge in [-0.05, 0) is 88.0 Å². The molecule has 5 nitrogen and oxygen atoms in total. The van der Waals surface area contributed by atoms with Crippen molar-refractivity contribution >= 4 is 79.5 Å². The van der Waals surface area contributed by atoms with Gasteiger partial charge in [-0.3, -0.25) is 9.78 Å². The standard InChI is InChI=1S/C27H29Cl2N3O2.2BrH/c1-32(2)19-8-6-18(7-9-19)31-25-20-11-16(17-12-22(28)27(34)23(29)13-17)5-10-24(20)30-14-21(25)26(33)15-3-4-15;;/h5,10-15,18-19,34H,3-4,6-9H2,1-2H3,(H,30,31);2*1H. The molecule has 194 valence electrons. The maximum Gasteiger partial charge on any atom is 0.169 e. The molecule has 0 saturated heterocycles. The van der Waals surface area contributed by atoms with Gasteiger partial charge in [-0.2, -0.15) is 0 Å². The van der Waals surface area contributed by atoms with E-state index < -0.39 is 0 Å². The highest BCUT2D eigenvalue weighted by molar-refractivity contribution is 8.93. The number of aromatic hydroxyl groups is 1. The summed E-state index contributed by atoms with van der Waals surface area (Å²) in [6.45, 7) is 0. The smallest absolute Gasteiger partial charge is 0.169 e. The number of anilines is 1. The SMILES string of the molecule is Br.Br.CN(C)C1CCC(Nc2c(C(=O)C3CC3)cnc3ccc(-c4cc(Cl)c(O)c(Cl)c4)cc23)CC1. The van der Waals surface area contributed by atoms with Crippen molar-refractivity contribution in [3.8, 4) is 16.9 Å². The van der Waals surface area contributed by atoms with Crippen LogP contribution in [0.2, 0.25) is 10.0 Å². The molecule has 0 aliphatic heterocycles. The first-order chi connectivity index (χ1) is 16.3. The highest BCUT2D eigenvalue weighted by Gasteiger charge is 2.33. The highest BCUT2D eigenvalue weighted by atomic mass is 79.9. The van der Waals surface area contributed by atoms with Crippen molar-refractivity contribution in [3.63, 3.8) is 0 Å². The van der Waals surface area contributed by atoms with Crippen LogP contribution in [0.5, 0.6) is 5.75 Å². The van der Waals surface area contributed by atoms with Gasteiger partial charge in [0.05, 0.1) is 26.8 Å². The van der Waals surface area contributed by atoms with Crippen molar-refractivity contribution in [1.82, 2.24) is 9.88 Å². The Balaban J connectivity index is 0.00000180. The molecule has 2 aromatic carbocycles. The highest BCUT2D eigenvalue weighted by Crippen LogP contribution is 2.40. The fraction of sp³-hybridized carbons (Fsp3) is 0.407. The lowest BCUT2D eigenvalue weighted by atomic mass is 9.89. The molecule has 3 aromatic rings. The molecular weight excluding hydrogens is 629 g/mol. The number of nitrogens with zero attached hydrogens (tertiary/aromatic N) is 2. The van der Waals surface area contributed by atoms with Crippen molar-refractivity contribution < 1.29 is 9.90 Å². The van der Waals surface area contributed by atoms with E-state index in [2.05, 4.69) is 29.3 Å². The quantitative estimate of drug-likeness (QED) is 0.263. The summed E-state index contributed by atoms with van der Waals surface area (Å²) in [7, 11) is 4.29. The number of pyridine rings is 1. The Morgan fingerprint density at radius 1 is 0.972 bits per heavy atom. The largest absolute Gasteiger partial charge is 0.505 e. The lowest BCUT2D eigenvalue weighted by molar-refractivity contribution is 0.0968. The molecular formula is C27H31Br2Cl2N3O2. The van der Waals surface area contributed by atoms with Crippen LogP contribution in [-0.4, -0.2) is 47.0 Å². The van der Waals surface area contributed by atoms with E-state index in [4.69, 9.17) is 23.2 Å². The normalized spacial score (nSPS) is 19.5. The van der Waals surface area contributed by atoms with E-state index in [9.17, 15) is 9.90 Å². The lowest BCUT2D eigenvalue weighted by Crippen LogP contribution is -2.36. The van der Waals surface area contributed by atoms with Crippen LogP contribution in [0, 0.1) is 5.92 Å². The second kappa shape index (κ2) is 12.0. The van der Waals surface area contributed by atoms with Gasteiger partial charge in [0.2, 0.25) is 0 Å². The number of aromatic nitrogens is 1. The third kappa shape index (κ3) is 6.02. The number of hydrogen-bond donors (Lipinski definition) is 2. The fourth-order valence-electron chi connectivity index (χ4n) is 4.95. The molecule has 2 fully saturated rings. The van der Waals surface area contributed by atoms with Gasteiger partial charge in [0.25, 0.3) is 0 Å². The minimum absolute atomic E-state index is 0. The zero-order valence-corrected chi connectivity index (χ0v) is 25.2. The molecule has 5 rings (SSSR count). The number of Topliss-reactive ketones (excluding diaryl/α,β-unsaturated/α-hetero) is 1. The van der Waals surface area contributed by atoms with Gasteiger partial charge in [0.1, 0.15) is 0 Å². The second-order valence-electron chi connectivity index (χ2n) is 9.82. The van der Waals surface area contributed by atoms with E-state index in [1.165, 1.54) is 0 Å². The molecule has 2 aliphatic carbocycles. The van der Waals surface area contributed by atoms with E-state index in [-0.39, 0.29) is 61.5 Å². The van der Waals surface area contributed by atoms with E-state index in [0.29, 0.717) is 17.6 Å². The first-order valence-corrected chi connectivity index (χ1v) is 12.7. The fourth-order valence-corrected chi connectivity index (χ4v) is 5.44. The molecule has 0 radical (unpaired) electrons. The molecule has 2 aliphatic rings. The van der Waals surface area contributed by atoms with Crippen LogP contribution in [0.3, 0.4) is 0 Å². The maximum atomic E-state index is 13.2. The lowest BCUT2D eigenvalue weighted by Gasteiger charge is -2.34. The molecule has 0 atom stereocenters. The van der Waals surface area contributed by atoms with Crippen LogP contribution in [0.1, 0.15) is 48.9 Å². The topological polar surface area (TPSA) is 65.5 Å². The number of rotatable bonds is 6. The number of ketones is 1. The summed E-state index contributed by atoms with van der Waals surface area (Å²) in [4.78, 5) is 20.1. The summed E-state index contributed by atoms with van der Waals surface area (Å²) in [5, 5.41) is 15.0. The van der Waals surface area contributed by atoms with E-state index in [0.717, 1.165) is 66.2 Å². The number of carbonyl (C=O) groups excluding carboxylic acids is 1. The van der Waals surface area contributed by atoms with Gasteiger partial charge in [-0.15, -0.1) is 34.0 Å². The number of fused-ring (bicyclic) bond motifs is 1. The summed E-state index contributed by atoms with van der Waals surface area (Å²) in [6, 6.07) is 10.3. The molecule has 0 bridgehead atoms. The number of phenols is 1. The second-order valence-corrected chi connectivity index (χ2v) is 10.6. The summed E-state index contributed by atoms with van der Waals surface area (Å²) < 4.78 is 0.